The summed E-state index contributed by atoms with van der Waals surface area (Å²) in [4.78, 5) is 21.5. The number of carbonyl (C=O) groups excluding carboxylic acids is 1. The zero-order valence-electron chi connectivity index (χ0n) is 11.0. The fourth-order valence-corrected chi connectivity index (χ4v) is 1.57. The Kier molecular flexibility index (Phi) is 5.42. The molecule has 1 rings (SSSR count). The molecule has 0 aromatic heterocycles. The summed E-state index contributed by atoms with van der Waals surface area (Å²) < 4.78 is 9.37. The van der Waals surface area contributed by atoms with Crippen LogP contribution in [-0.4, -0.2) is 40.9 Å². The molecule has 0 spiro atoms. The van der Waals surface area contributed by atoms with E-state index in [4.69, 9.17) is 4.74 Å². The van der Waals surface area contributed by atoms with E-state index in [2.05, 4.69) is 4.74 Å². The van der Waals surface area contributed by atoms with E-state index in [0.717, 1.165) is 6.07 Å². The summed E-state index contributed by atoms with van der Waals surface area (Å²) in [7, 11) is 1.27. The Morgan fingerprint density at radius 2 is 2.10 bits per heavy atom. The van der Waals surface area contributed by atoms with Gasteiger partial charge >= 0.3 is 11.7 Å². The lowest BCUT2D eigenvalue weighted by molar-refractivity contribution is -0.385. The van der Waals surface area contributed by atoms with E-state index in [0.29, 0.717) is 0 Å². The minimum Gasteiger partial charge on any atom is -0.490 e. The fourth-order valence-electron chi connectivity index (χ4n) is 1.57. The van der Waals surface area contributed by atoms with E-state index in [9.17, 15) is 25.1 Å². The van der Waals surface area contributed by atoms with Crippen LogP contribution in [0.3, 0.4) is 0 Å². The van der Waals surface area contributed by atoms with Gasteiger partial charge in [0, 0.05) is 6.07 Å². The van der Waals surface area contributed by atoms with E-state index in [1.54, 1.807) is 6.92 Å². The van der Waals surface area contributed by atoms with Crippen molar-refractivity contribution in [2.45, 2.75) is 19.1 Å². The van der Waals surface area contributed by atoms with Crippen molar-refractivity contribution in [3.63, 3.8) is 0 Å². The highest BCUT2D eigenvalue weighted by atomic mass is 16.6. The molecule has 0 radical (unpaired) electrons. The predicted octanol–water partition coefficient (Wildman–Crippen LogP) is 0.561. The maximum Gasteiger partial charge on any atom is 0.338 e. The van der Waals surface area contributed by atoms with Crippen LogP contribution in [0.5, 0.6) is 5.75 Å². The number of benzene rings is 1. The number of ether oxygens (including phenoxy) is 2. The number of aliphatic hydroxyl groups excluding tert-OH is 2. The van der Waals surface area contributed by atoms with Crippen LogP contribution < -0.4 is 4.74 Å². The first-order valence-electron chi connectivity index (χ1n) is 5.77. The normalized spacial score (nSPS) is 13.4. The van der Waals surface area contributed by atoms with E-state index >= 15 is 0 Å². The first-order chi connectivity index (χ1) is 9.42. The average molecular weight is 285 g/mol. The number of esters is 1. The topological polar surface area (TPSA) is 119 Å². The second-order valence-corrected chi connectivity index (χ2v) is 3.83. The summed E-state index contributed by atoms with van der Waals surface area (Å²) in [6.45, 7) is 1.60. The fraction of sp³-hybridized carbons (Fsp3) is 0.417. The van der Waals surface area contributed by atoms with E-state index in [-0.39, 0.29) is 23.6 Å². The van der Waals surface area contributed by atoms with Gasteiger partial charge in [0.05, 0.1) is 18.6 Å². The van der Waals surface area contributed by atoms with Crippen LogP contribution in [0.25, 0.3) is 0 Å². The molecule has 0 saturated carbocycles. The molecule has 20 heavy (non-hydrogen) atoms. The van der Waals surface area contributed by atoms with Crippen LogP contribution in [0.4, 0.5) is 5.69 Å². The van der Waals surface area contributed by atoms with Crippen molar-refractivity contribution in [1.82, 2.24) is 0 Å². The molecule has 1 aromatic rings. The molecule has 8 nitrogen and oxygen atoms in total. The van der Waals surface area contributed by atoms with E-state index < -0.39 is 23.1 Å². The molecule has 0 fully saturated rings. The molecule has 2 N–H and O–H groups in total. The van der Waals surface area contributed by atoms with Gasteiger partial charge in [-0.05, 0) is 18.6 Å². The van der Waals surface area contributed by atoms with Crippen molar-refractivity contribution in [3.05, 3.63) is 33.9 Å². The number of hydrogen-bond donors (Lipinski definition) is 2. The Bertz CT molecular complexity index is 503. The lowest BCUT2D eigenvalue weighted by Gasteiger charge is -2.16. The smallest absolute Gasteiger partial charge is 0.338 e. The molecular formula is C12H15NO7. The summed E-state index contributed by atoms with van der Waals surface area (Å²) in [6, 6.07) is 3.62. The van der Waals surface area contributed by atoms with Crippen LogP contribution in [0.1, 0.15) is 18.6 Å². The first kappa shape index (κ1) is 15.9. The summed E-state index contributed by atoms with van der Waals surface area (Å²) in [5.41, 5.74) is -0.363. The lowest BCUT2D eigenvalue weighted by atomic mass is 10.0. The number of nitro benzene ring substituents is 1. The van der Waals surface area contributed by atoms with E-state index in [1.807, 2.05) is 0 Å². The highest BCUT2D eigenvalue weighted by Crippen LogP contribution is 2.30. The van der Waals surface area contributed by atoms with Gasteiger partial charge < -0.3 is 19.7 Å². The van der Waals surface area contributed by atoms with E-state index in [1.165, 1.54) is 19.2 Å². The molecular weight excluding hydrogens is 270 g/mol. The van der Waals surface area contributed by atoms with Crippen LogP contribution in [0.2, 0.25) is 0 Å². The zero-order valence-corrected chi connectivity index (χ0v) is 11.0. The Labute approximate surface area is 114 Å². The number of methoxy groups -OCH3 is 1. The molecule has 2 unspecified atom stereocenters. The van der Waals surface area contributed by atoms with Crippen molar-refractivity contribution >= 4 is 11.7 Å². The minimum absolute atomic E-state index is 0.0107. The van der Waals surface area contributed by atoms with Crippen molar-refractivity contribution in [1.29, 1.82) is 0 Å². The van der Waals surface area contributed by atoms with Crippen molar-refractivity contribution < 1.29 is 29.4 Å². The maximum absolute atomic E-state index is 11.3. The summed E-state index contributed by atoms with van der Waals surface area (Å²) >= 11 is 0. The summed E-state index contributed by atoms with van der Waals surface area (Å²) in [5.74, 6) is -0.991. The van der Waals surface area contributed by atoms with Crippen LogP contribution >= 0.6 is 0 Å². The predicted molar refractivity (Wildman–Crippen MR) is 67.2 cm³/mol. The highest BCUT2D eigenvalue weighted by molar-refractivity contribution is 5.75. The quantitative estimate of drug-likeness (QED) is 0.445. The van der Waals surface area contributed by atoms with Gasteiger partial charge in [-0.3, -0.25) is 10.1 Å². The van der Waals surface area contributed by atoms with Gasteiger partial charge in [-0.15, -0.1) is 0 Å². The summed E-state index contributed by atoms with van der Waals surface area (Å²) in [6.07, 6.45) is -3.44. The third kappa shape index (κ3) is 3.43. The summed E-state index contributed by atoms with van der Waals surface area (Å²) in [5, 5.41) is 30.3. The molecule has 0 saturated heterocycles. The lowest BCUT2D eigenvalue weighted by Crippen LogP contribution is -2.29. The highest BCUT2D eigenvalue weighted by Gasteiger charge is 2.29. The van der Waals surface area contributed by atoms with Gasteiger partial charge in [-0.1, -0.05) is 6.07 Å². The Hall–Kier alpha value is -2.19. The molecule has 0 bridgehead atoms. The average Bonchev–Trinajstić information content (AvgIpc) is 2.45. The number of hydrogen-bond acceptors (Lipinski definition) is 7. The van der Waals surface area contributed by atoms with Crippen molar-refractivity contribution in [2.75, 3.05) is 13.7 Å². The second kappa shape index (κ2) is 6.83. The molecule has 110 valence electrons. The van der Waals surface area contributed by atoms with Crippen molar-refractivity contribution in [3.8, 4) is 5.75 Å². The van der Waals surface area contributed by atoms with Crippen molar-refractivity contribution in [2.24, 2.45) is 0 Å². The standard InChI is InChI=1S/C12H15NO7/c1-3-20-12(16)11(15)10(14)7-4-5-9(19-2)8(6-7)13(17)18/h4-6,10-11,14-15H,3H2,1-2H3. The third-order valence-electron chi connectivity index (χ3n) is 2.57. The van der Waals surface area contributed by atoms with Gasteiger partial charge in [0.25, 0.3) is 0 Å². The SMILES string of the molecule is CCOC(=O)C(O)C(O)c1ccc(OC)c([N+](=O)[O-])c1. The van der Waals surface area contributed by atoms with Crippen LogP contribution in [0, 0.1) is 10.1 Å². The maximum atomic E-state index is 11.3. The molecule has 0 amide bonds. The number of nitrogens with zero attached hydrogens (tertiary/aromatic N) is 1. The number of carbonyl (C=O) groups is 1. The number of rotatable bonds is 6. The molecule has 8 heteroatoms. The third-order valence-corrected chi connectivity index (χ3v) is 2.57. The molecule has 0 aliphatic heterocycles. The zero-order chi connectivity index (χ0) is 15.3. The van der Waals surface area contributed by atoms with Gasteiger partial charge in [-0.25, -0.2) is 4.79 Å². The number of nitro groups is 1. The molecule has 1 aromatic carbocycles. The number of aliphatic hydroxyl groups is 2. The Morgan fingerprint density at radius 1 is 1.45 bits per heavy atom. The van der Waals surface area contributed by atoms with Gasteiger partial charge in [0.1, 0.15) is 6.10 Å². The second-order valence-electron chi connectivity index (χ2n) is 3.83. The van der Waals surface area contributed by atoms with Crippen LogP contribution in [-0.2, 0) is 9.53 Å². The Balaban J connectivity index is 3.04. The largest absolute Gasteiger partial charge is 0.490 e. The first-order valence-corrected chi connectivity index (χ1v) is 5.77. The molecule has 2 atom stereocenters. The monoisotopic (exact) mass is 285 g/mol. The molecule has 0 aliphatic carbocycles. The minimum atomic E-state index is -1.82. The van der Waals surface area contributed by atoms with Gasteiger partial charge in [0.15, 0.2) is 11.9 Å². The Morgan fingerprint density at radius 3 is 2.60 bits per heavy atom. The molecule has 0 heterocycles. The van der Waals surface area contributed by atoms with Gasteiger partial charge in [-0.2, -0.15) is 0 Å². The van der Waals surface area contributed by atoms with Gasteiger partial charge in [0.2, 0.25) is 0 Å². The van der Waals surface area contributed by atoms with Crippen LogP contribution in [0.15, 0.2) is 18.2 Å². The molecule has 0 aliphatic rings.